The number of nitrogens with two attached hydrogens (primary N) is 1. The summed E-state index contributed by atoms with van der Waals surface area (Å²) >= 11 is 1.10. The molecule has 15 heavy (non-hydrogen) atoms. The molecule has 0 saturated carbocycles. The van der Waals surface area contributed by atoms with E-state index in [2.05, 4.69) is 0 Å². The van der Waals surface area contributed by atoms with Gasteiger partial charge in [0.05, 0.1) is 5.56 Å². The number of amides is 2. The van der Waals surface area contributed by atoms with Crippen molar-refractivity contribution >= 4 is 23.3 Å². The maximum absolute atomic E-state index is 11.0. The molecule has 6 nitrogen and oxygen atoms in total. The summed E-state index contributed by atoms with van der Waals surface area (Å²) in [5, 5.41) is 20.5. The zero-order valence-electron chi connectivity index (χ0n) is 7.43. The van der Waals surface area contributed by atoms with E-state index in [0.29, 0.717) is 10.4 Å². The van der Waals surface area contributed by atoms with E-state index in [0.717, 1.165) is 11.3 Å². The summed E-state index contributed by atoms with van der Waals surface area (Å²) in [4.78, 5) is 21.7. The third-order valence-electron chi connectivity index (χ3n) is 1.59. The van der Waals surface area contributed by atoms with E-state index < -0.39 is 18.0 Å². The van der Waals surface area contributed by atoms with Gasteiger partial charge in [0.15, 0.2) is 0 Å². The molecule has 0 bridgehead atoms. The van der Waals surface area contributed by atoms with Crippen LogP contribution in [0.25, 0.3) is 0 Å². The van der Waals surface area contributed by atoms with Gasteiger partial charge in [-0.3, -0.25) is 4.79 Å². The van der Waals surface area contributed by atoms with Gasteiger partial charge >= 0.3 is 6.09 Å². The molecular weight excluding hydrogens is 218 g/mol. The van der Waals surface area contributed by atoms with Gasteiger partial charge in [0.2, 0.25) is 5.91 Å². The fourth-order valence-electron chi connectivity index (χ4n) is 0.969. The molecule has 1 aromatic rings. The average molecular weight is 225 g/mol. The minimum Gasteiger partial charge on any atom is -0.465 e. The summed E-state index contributed by atoms with van der Waals surface area (Å²) < 4.78 is 0. The monoisotopic (exact) mass is 225 g/mol. The van der Waals surface area contributed by atoms with Gasteiger partial charge in [-0.05, 0) is 6.07 Å². The Morgan fingerprint density at radius 1 is 1.67 bits per heavy atom. The minimum absolute atomic E-state index is 0.369. The number of rotatable bonds is 3. The van der Waals surface area contributed by atoms with Crippen LogP contribution in [0, 0.1) is 11.3 Å². The Bertz CT molecular complexity index is 435. The van der Waals surface area contributed by atoms with Gasteiger partial charge in [0.25, 0.3) is 0 Å². The third-order valence-corrected chi connectivity index (χ3v) is 2.58. The quantitative estimate of drug-likeness (QED) is 0.690. The van der Waals surface area contributed by atoms with E-state index in [4.69, 9.17) is 16.1 Å². The van der Waals surface area contributed by atoms with Crippen LogP contribution in [0.3, 0.4) is 0 Å². The fraction of sp³-hybridized carbons (Fsp3) is 0.125. The predicted octanol–water partition coefficient (Wildman–Crippen LogP) is 0.414. The van der Waals surface area contributed by atoms with Crippen molar-refractivity contribution < 1.29 is 14.7 Å². The molecule has 0 fully saturated rings. The number of primary amides is 1. The van der Waals surface area contributed by atoms with Crippen LogP contribution in [0.5, 0.6) is 0 Å². The molecule has 4 N–H and O–H groups in total. The number of carbonyl (C=O) groups excluding carboxylic acids is 1. The van der Waals surface area contributed by atoms with Crippen LogP contribution in [0.1, 0.15) is 16.5 Å². The van der Waals surface area contributed by atoms with Gasteiger partial charge in [0, 0.05) is 10.3 Å². The number of carbonyl (C=O) groups is 2. The van der Waals surface area contributed by atoms with Gasteiger partial charge in [-0.2, -0.15) is 5.26 Å². The number of hydrogen-bond acceptors (Lipinski definition) is 4. The Morgan fingerprint density at radius 3 is 2.73 bits per heavy atom. The first kappa shape index (κ1) is 11.0. The van der Waals surface area contributed by atoms with Crippen LogP contribution in [-0.2, 0) is 4.79 Å². The SMILES string of the molecule is N#Cc1csc(C(NC(=O)O)C(N)=O)c1. The van der Waals surface area contributed by atoms with E-state index in [9.17, 15) is 9.59 Å². The Morgan fingerprint density at radius 2 is 2.33 bits per heavy atom. The summed E-state index contributed by atoms with van der Waals surface area (Å²) in [6.45, 7) is 0. The van der Waals surface area contributed by atoms with Crippen molar-refractivity contribution in [3.8, 4) is 6.07 Å². The first-order chi connectivity index (χ1) is 7.04. The Hall–Kier alpha value is -2.07. The zero-order chi connectivity index (χ0) is 11.4. The number of nitrogens with zero attached hydrogens (tertiary/aromatic N) is 1. The summed E-state index contributed by atoms with van der Waals surface area (Å²) in [7, 11) is 0. The highest BCUT2D eigenvalue weighted by molar-refractivity contribution is 7.10. The number of thiophene rings is 1. The van der Waals surface area contributed by atoms with Gasteiger partial charge in [0.1, 0.15) is 12.1 Å². The second kappa shape index (κ2) is 4.43. The molecule has 0 aliphatic heterocycles. The molecule has 0 spiro atoms. The Balaban J connectivity index is 2.94. The molecule has 1 unspecified atom stereocenters. The van der Waals surface area contributed by atoms with E-state index in [1.54, 1.807) is 0 Å². The van der Waals surface area contributed by atoms with Crippen molar-refractivity contribution in [3.63, 3.8) is 0 Å². The largest absolute Gasteiger partial charge is 0.465 e. The van der Waals surface area contributed by atoms with Crippen LogP contribution in [-0.4, -0.2) is 17.1 Å². The molecule has 1 heterocycles. The lowest BCUT2D eigenvalue weighted by molar-refractivity contribution is -0.119. The molecule has 2 amide bonds. The second-order valence-electron chi connectivity index (χ2n) is 2.63. The number of carboxylic acid groups (broad SMARTS) is 1. The van der Waals surface area contributed by atoms with E-state index in [1.165, 1.54) is 11.4 Å². The Labute approximate surface area is 88.9 Å². The van der Waals surface area contributed by atoms with Crippen molar-refractivity contribution in [3.05, 3.63) is 21.9 Å². The molecule has 0 saturated heterocycles. The average Bonchev–Trinajstić information content (AvgIpc) is 2.61. The van der Waals surface area contributed by atoms with Crippen LogP contribution < -0.4 is 11.1 Å². The van der Waals surface area contributed by atoms with Crippen molar-refractivity contribution in [1.82, 2.24) is 5.32 Å². The maximum Gasteiger partial charge on any atom is 0.405 e. The number of nitriles is 1. The zero-order valence-corrected chi connectivity index (χ0v) is 8.25. The van der Waals surface area contributed by atoms with Crippen molar-refractivity contribution in [1.29, 1.82) is 5.26 Å². The summed E-state index contributed by atoms with van der Waals surface area (Å²) in [5.41, 5.74) is 5.40. The van der Waals surface area contributed by atoms with Gasteiger partial charge < -0.3 is 16.2 Å². The lowest BCUT2D eigenvalue weighted by Gasteiger charge is -2.10. The van der Waals surface area contributed by atoms with Crippen molar-refractivity contribution in [2.75, 3.05) is 0 Å². The first-order valence-corrected chi connectivity index (χ1v) is 4.70. The highest BCUT2D eigenvalue weighted by atomic mass is 32.1. The number of hydrogen-bond donors (Lipinski definition) is 3. The van der Waals surface area contributed by atoms with E-state index in [1.807, 2.05) is 11.4 Å². The summed E-state index contributed by atoms with van der Waals surface area (Å²) in [6, 6.07) is 2.20. The third kappa shape index (κ3) is 2.69. The molecule has 1 atom stereocenters. The molecule has 0 aromatic carbocycles. The molecule has 0 radical (unpaired) electrons. The standard InChI is InChI=1S/C8H7N3O3S/c9-2-4-1-5(15-3-4)6(7(10)12)11-8(13)14/h1,3,6,11H,(H2,10,12)(H,13,14). The maximum atomic E-state index is 11.0. The van der Waals surface area contributed by atoms with Crippen molar-refractivity contribution in [2.24, 2.45) is 5.73 Å². The molecule has 0 aliphatic carbocycles. The Kier molecular flexibility index (Phi) is 3.25. The van der Waals surface area contributed by atoms with Crippen LogP contribution >= 0.6 is 11.3 Å². The van der Waals surface area contributed by atoms with Gasteiger partial charge in [-0.15, -0.1) is 11.3 Å². The van der Waals surface area contributed by atoms with Gasteiger partial charge in [-0.1, -0.05) is 0 Å². The number of nitrogens with one attached hydrogen (secondary N) is 1. The van der Waals surface area contributed by atoms with Crippen LogP contribution in [0.2, 0.25) is 0 Å². The molecule has 7 heteroatoms. The van der Waals surface area contributed by atoms with Crippen LogP contribution in [0.15, 0.2) is 11.4 Å². The normalized spacial score (nSPS) is 11.4. The fourth-order valence-corrected chi connectivity index (χ4v) is 1.86. The summed E-state index contributed by atoms with van der Waals surface area (Å²) in [6.07, 6.45) is -1.34. The molecule has 1 rings (SSSR count). The minimum atomic E-state index is -1.34. The summed E-state index contributed by atoms with van der Waals surface area (Å²) in [5.74, 6) is -0.802. The second-order valence-corrected chi connectivity index (χ2v) is 3.58. The molecule has 1 aromatic heterocycles. The lowest BCUT2D eigenvalue weighted by atomic mass is 10.2. The molecule has 78 valence electrons. The molecule has 0 aliphatic rings. The highest BCUT2D eigenvalue weighted by Crippen LogP contribution is 2.21. The lowest BCUT2D eigenvalue weighted by Crippen LogP contribution is -2.36. The topological polar surface area (TPSA) is 116 Å². The first-order valence-electron chi connectivity index (χ1n) is 3.82. The molecular formula is C8H7N3O3S. The van der Waals surface area contributed by atoms with E-state index >= 15 is 0 Å². The van der Waals surface area contributed by atoms with Crippen LogP contribution in [0.4, 0.5) is 4.79 Å². The van der Waals surface area contributed by atoms with E-state index in [-0.39, 0.29) is 0 Å². The van der Waals surface area contributed by atoms with Gasteiger partial charge in [-0.25, -0.2) is 4.79 Å². The predicted molar refractivity (Wildman–Crippen MR) is 52.1 cm³/mol. The smallest absolute Gasteiger partial charge is 0.405 e. The van der Waals surface area contributed by atoms with Crippen molar-refractivity contribution in [2.45, 2.75) is 6.04 Å². The highest BCUT2D eigenvalue weighted by Gasteiger charge is 2.21.